The molecule has 17 heavy (non-hydrogen) atoms. The number of rotatable bonds is 6. The lowest BCUT2D eigenvalue weighted by molar-refractivity contribution is 0.461. The Morgan fingerprint density at radius 1 is 1.35 bits per heavy atom. The van der Waals surface area contributed by atoms with E-state index in [1.165, 1.54) is 12.8 Å². The Balaban J connectivity index is 1.85. The summed E-state index contributed by atoms with van der Waals surface area (Å²) in [5.41, 5.74) is 0. The second-order valence-electron chi connectivity index (χ2n) is 4.58. The van der Waals surface area contributed by atoms with E-state index < -0.39 is 10.8 Å². The Bertz CT molecular complexity index is 369. The number of nitrogens with one attached hydrogen (secondary N) is 1. The van der Waals surface area contributed by atoms with Crippen LogP contribution in [0.5, 0.6) is 0 Å². The highest BCUT2D eigenvalue weighted by Crippen LogP contribution is 2.25. The van der Waals surface area contributed by atoms with Gasteiger partial charge in [-0.15, -0.1) is 0 Å². The van der Waals surface area contributed by atoms with Crippen molar-refractivity contribution in [3.8, 4) is 0 Å². The largest absolute Gasteiger partial charge is 0.464 e. The van der Waals surface area contributed by atoms with Crippen LogP contribution in [-0.4, -0.2) is 16.0 Å². The second-order valence-corrected chi connectivity index (χ2v) is 6.30. The van der Waals surface area contributed by atoms with Gasteiger partial charge in [0.05, 0.1) is 12.3 Å². The van der Waals surface area contributed by atoms with Crippen LogP contribution in [-0.2, 0) is 23.1 Å². The molecule has 1 aliphatic carbocycles. The van der Waals surface area contributed by atoms with E-state index in [9.17, 15) is 4.21 Å². The van der Waals surface area contributed by atoms with Gasteiger partial charge in [0.15, 0.2) is 0 Å². The van der Waals surface area contributed by atoms with E-state index in [-0.39, 0.29) is 0 Å². The topological polar surface area (TPSA) is 42.2 Å². The van der Waals surface area contributed by atoms with E-state index >= 15 is 0 Å². The Kier molecular flexibility index (Phi) is 4.80. The highest BCUT2D eigenvalue weighted by molar-refractivity contribution is 7.84. The summed E-state index contributed by atoms with van der Waals surface area (Å²) in [6.45, 7) is 3.76. The molecule has 0 aromatic carbocycles. The minimum atomic E-state index is -0.753. The molecule has 1 heterocycles. The molecule has 4 heteroatoms. The van der Waals surface area contributed by atoms with Crippen molar-refractivity contribution in [2.45, 2.75) is 50.2 Å². The van der Waals surface area contributed by atoms with Crippen molar-refractivity contribution in [1.29, 1.82) is 0 Å². The van der Waals surface area contributed by atoms with Crippen LogP contribution in [0.15, 0.2) is 16.5 Å². The summed E-state index contributed by atoms with van der Waals surface area (Å²) in [4.78, 5) is 0. The first-order valence-corrected chi connectivity index (χ1v) is 7.83. The minimum Gasteiger partial charge on any atom is -0.464 e. The number of hydrogen-bond acceptors (Lipinski definition) is 3. The Hall–Kier alpha value is -0.610. The second kappa shape index (κ2) is 6.36. The van der Waals surface area contributed by atoms with Gasteiger partial charge in [-0.3, -0.25) is 4.21 Å². The van der Waals surface area contributed by atoms with Crippen molar-refractivity contribution >= 4 is 10.8 Å². The smallest absolute Gasteiger partial charge is 0.118 e. The predicted molar refractivity (Wildman–Crippen MR) is 70.2 cm³/mol. The van der Waals surface area contributed by atoms with Gasteiger partial charge in [-0.2, -0.15) is 0 Å². The first kappa shape index (κ1) is 12.8. The van der Waals surface area contributed by atoms with Gasteiger partial charge in [-0.1, -0.05) is 19.8 Å². The molecule has 96 valence electrons. The van der Waals surface area contributed by atoms with E-state index in [2.05, 4.69) is 12.2 Å². The van der Waals surface area contributed by atoms with E-state index in [1.54, 1.807) is 0 Å². The lowest BCUT2D eigenvalue weighted by atomic mass is 10.4. The van der Waals surface area contributed by atoms with Crippen LogP contribution in [0.25, 0.3) is 0 Å². The third-order valence-electron chi connectivity index (χ3n) is 3.23. The average Bonchev–Trinajstić information content (AvgIpc) is 2.97. The van der Waals surface area contributed by atoms with Crippen molar-refractivity contribution in [3.05, 3.63) is 23.7 Å². The van der Waals surface area contributed by atoms with Crippen molar-refractivity contribution in [2.24, 2.45) is 0 Å². The van der Waals surface area contributed by atoms with Crippen LogP contribution >= 0.6 is 0 Å². The molecule has 3 nitrogen and oxygen atoms in total. The molecule has 1 fully saturated rings. The molecular weight excluding hydrogens is 234 g/mol. The monoisotopic (exact) mass is 255 g/mol. The summed E-state index contributed by atoms with van der Waals surface area (Å²) < 4.78 is 17.7. The quantitative estimate of drug-likeness (QED) is 0.849. The first-order chi connectivity index (χ1) is 8.29. The molecular formula is C13H21NO2S. The molecule has 0 spiro atoms. The van der Waals surface area contributed by atoms with Crippen LogP contribution in [0.1, 0.15) is 44.1 Å². The number of furan rings is 1. The highest BCUT2D eigenvalue weighted by Gasteiger charge is 2.22. The molecule has 1 aromatic rings. The lowest BCUT2D eigenvalue weighted by Crippen LogP contribution is -2.12. The average molecular weight is 255 g/mol. The molecule has 2 rings (SSSR count). The fourth-order valence-electron chi connectivity index (χ4n) is 2.25. The van der Waals surface area contributed by atoms with E-state index in [4.69, 9.17) is 4.42 Å². The highest BCUT2D eigenvalue weighted by atomic mass is 32.2. The molecule has 0 bridgehead atoms. The maximum atomic E-state index is 12.1. The molecule has 0 aliphatic heterocycles. The van der Waals surface area contributed by atoms with Crippen LogP contribution in [0, 0.1) is 0 Å². The molecule has 1 unspecified atom stereocenters. The molecule has 0 saturated heterocycles. The Labute approximate surface area is 105 Å². The zero-order chi connectivity index (χ0) is 12.1. The molecule has 1 aliphatic rings. The van der Waals surface area contributed by atoms with Gasteiger partial charge in [0.25, 0.3) is 0 Å². The van der Waals surface area contributed by atoms with Crippen molar-refractivity contribution in [2.75, 3.05) is 6.54 Å². The summed E-state index contributed by atoms with van der Waals surface area (Å²) in [6.07, 6.45) is 4.72. The summed E-state index contributed by atoms with van der Waals surface area (Å²) >= 11 is 0. The SMILES string of the molecule is CCNCc1ccc(CS(=O)C2CCCC2)o1. The third-order valence-corrected chi connectivity index (χ3v) is 5.01. The van der Waals surface area contributed by atoms with E-state index in [0.717, 1.165) is 37.5 Å². The van der Waals surface area contributed by atoms with Gasteiger partial charge in [0.1, 0.15) is 11.5 Å². The molecule has 0 amide bonds. The standard InChI is InChI=1S/C13H21NO2S/c1-2-14-9-11-7-8-12(16-11)10-17(15)13-5-3-4-6-13/h7-8,13-14H,2-6,9-10H2,1H3. The van der Waals surface area contributed by atoms with E-state index in [0.29, 0.717) is 11.0 Å². The zero-order valence-corrected chi connectivity index (χ0v) is 11.2. The van der Waals surface area contributed by atoms with Crippen molar-refractivity contribution in [1.82, 2.24) is 5.32 Å². The first-order valence-electron chi connectivity index (χ1n) is 6.45. The van der Waals surface area contributed by atoms with E-state index in [1.807, 2.05) is 12.1 Å². The third kappa shape index (κ3) is 3.68. The lowest BCUT2D eigenvalue weighted by Gasteiger charge is -2.07. The fourth-order valence-corrected chi connectivity index (χ4v) is 3.78. The minimum absolute atomic E-state index is 0.400. The van der Waals surface area contributed by atoms with Gasteiger partial charge in [-0.05, 0) is 31.5 Å². The summed E-state index contributed by atoms with van der Waals surface area (Å²) in [6, 6.07) is 3.93. The molecule has 1 saturated carbocycles. The predicted octanol–water partition coefficient (Wildman–Crippen LogP) is 2.58. The van der Waals surface area contributed by atoms with Gasteiger partial charge >= 0.3 is 0 Å². The van der Waals surface area contributed by atoms with Crippen molar-refractivity contribution < 1.29 is 8.63 Å². The fraction of sp³-hybridized carbons (Fsp3) is 0.692. The van der Waals surface area contributed by atoms with Crippen LogP contribution in [0.2, 0.25) is 0 Å². The molecule has 1 atom stereocenters. The molecule has 1 aromatic heterocycles. The molecule has 0 radical (unpaired) electrons. The zero-order valence-electron chi connectivity index (χ0n) is 10.4. The van der Waals surface area contributed by atoms with Crippen LogP contribution in [0.4, 0.5) is 0 Å². The molecule has 1 N–H and O–H groups in total. The van der Waals surface area contributed by atoms with Crippen LogP contribution < -0.4 is 5.32 Å². The van der Waals surface area contributed by atoms with Crippen molar-refractivity contribution in [3.63, 3.8) is 0 Å². The number of hydrogen-bond donors (Lipinski definition) is 1. The summed E-state index contributed by atoms with van der Waals surface area (Å²) in [7, 11) is -0.753. The normalized spacial score (nSPS) is 18.6. The van der Waals surface area contributed by atoms with Gasteiger partial charge in [0.2, 0.25) is 0 Å². The Morgan fingerprint density at radius 2 is 2.06 bits per heavy atom. The summed E-state index contributed by atoms with van der Waals surface area (Å²) in [5.74, 6) is 2.38. The van der Waals surface area contributed by atoms with Crippen LogP contribution in [0.3, 0.4) is 0 Å². The van der Waals surface area contributed by atoms with Gasteiger partial charge < -0.3 is 9.73 Å². The summed E-state index contributed by atoms with van der Waals surface area (Å²) in [5, 5.41) is 3.62. The van der Waals surface area contributed by atoms with Gasteiger partial charge in [-0.25, -0.2) is 0 Å². The Morgan fingerprint density at radius 3 is 2.76 bits per heavy atom. The maximum Gasteiger partial charge on any atom is 0.118 e. The maximum absolute atomic E-state index is 12.1. The van der Waals surface area contributed by atoms with Gasteiger partial charge in [0, 0.05) is 16.0 Å².